The van der Waals surface area contributed by atoms with Gasteiger partial charge in [-0.3, -0.25) is 0 Å². The van der Waals surface area contributed by atoms with Crippen molar-refractivity contribution < 1.29 is 14.6 Å². The molecule has 1 aliphatic heterocycles. The van der Waals surface area contributed by atoms with Gasteiger partial charge in [-0.15, -0.1) is 0 Å². The number of aromatic hydroxyl groups is 1. The molecule has 0 aromatic heterocycles. The molecule has 5 rings (SSSR count). The molecule has 2 unspecified atom stereocenters. The molecule has 0 radical (unpaired) electrons. The molecule has 31 heavy (non-hydrogen) atoms. The fourth-order valence-corrected chi connectivity index (χ4v) is 4.30. The first kappa shape index (κ1) is 19.3. The Morgan fingerprint density at radius 1 is 0.774 bits per heavy atom. The van der Waals surface area contributed by atoms with Crippen LogP contribution in [-0.4, -0.2) is 11.7 Å². The zero-order valence-corrected chi connectivity index (χ0v) is 17.1. The van der Waals surface area contributed by atoms with Crippen molar-refractivity contribution in [2.24, 2.45) is 0 Å². The SMILES string of the molecule is Oc1ccc(C2c3ccc(OCc4ccccc4)cc3OCC2c2ccccc2)cc1. The third-order valence-corrected chi connectivity index (χ3v) is 5.87. The average Bonchev–Trinajstić information content (AvgIpc) is 2.84. The van der Waals surface area contributed by atoms with Gasteiger partial charge >= 0.3 is 0 Å². The molecule has 0 amide bonds. The lowest BCUT2D eigenvalue weighted by atomic mass is 9.76. The number of phenols is 1. The highest BCUT2D eigenvalue weighted by Crippen LogP contribution is 2.47. The van der Waals surface area contributed by atoms with Gasteiger partial charge in [-0.25, -0.2) is 0 Å². The fraction of sp³-hybridized carbons (Fsp3) is 0.143. The summed E-state index contributed by atoms with van der Waals surface area (Å²) in [7, 11) is 0. The van der Waals surface area contributed by atoms with Gasteiger partial charge in [-0.2, -0.15) is 0 Å². The highest BCUT2D eigenvalue weighted by atomic mass is 16.5. The van der Waals surface area contributed by atoms with Crippen molar-refractivity contribution in [2.45, 2.75) is 18.4 Å². The Morgan fingerprint density at radius 3 is 2.23 bits per heavy atom. The van der Waals surface area contributed by atoms with Crippen LogP contribution in [0.5, 0.6) is 17.2 Å². The zero-order chi connectivity index (χ0) is 21.0. The number of fused-ring (bicyclic) bond motifs is 1. The molecular weight excluding hydrogens is 384 g/mol. The lowest BCUT2D eigenvalue weighted by Crippen LogP contribution is -2.25. The van der Waals surface area contributed by atoms with Crippen molar-refractivity contribution in [3.05, 3.63) is 125 Å². The minimum absolute atomic E-state index is 0.134. The molecule has 4 aromatic carbocycles. The summed E-state index contributed by atoms with van der Waals surface area (Å²) in [5, 5.41) is 9.78. The monoisotopic (exact) mass is 408 g/mol. The summed E-state index contributed by atoms with van der Waals surface area (Å²) in [5.41, 5.74) is 4.68. The van der Waals surface area contributed by atoms with E-state index in [-0.39, 0.29) is 17.6 Å². The minimum atomic E-state index is 0.134. The van der Waals surface area contributed by atoms with Gasteiger partial charge in [0, 0.05) is 23.5 Å². The highest BCUT2D eigenvalue weighted by molar-refractivity contribution is 5.51. The minimum Gasteiger partial charge on any atom is -0.508 e. The van der Waals surface area contributed by atoms with Gasteiger partial charge in [0.1, 0.15) is 23.9 Å². The maximum Gasteiger partial charge on any atom is 0.126 e. The van der Waals surface area contributed by atoms with Gasteiger partial charge < -0.3 is 14.6 Å². The highest BCUT2D eigenvalue weighted by Gasteiger charge is 2.33. The van der Waals surface area contributed by atoms with Crippen LogP contribution in [0.1, 0.15) is 34.1 Å². The van der Waals surface area contributed by atoms with Crippen LogP contribution >= 0.6 is 0 Å². The number of rotatable bonds is 5. The molecule has 1 heterocycles. The number of ether oxygens (including phenoxy) is 2. The van der Waals surface area contributed by atoms with E-state index in [1.165, 1.54) is 5.56 Å². The zero-order valence-electron chi connectivity index (χ0n) is 17.1. The van der Waals surface area contributed by atoms with Crippen LogP contribution in [0.2, 0.25) is 0 Å². The summed E-state index contributed by atoms with van der Waals surface area (Å²) < 4.78 is 12.2. The van der Waals surface area contributed by atoms with Crippen molar-refractivity contribution in [2.75, 3.05) is 6.61 Å². The summed E-state index contributed by atoms with van der Waals surface area (Å²) in [6.45, 7) is 1.11. The third kappa shape index (κ3) is 4.13. The first-order chi connectivity index (χ1) is 15.3. The van der Waals surface area contributed by atoms with Crippen LogP contribution in [0.3, 0.4) is 0 Å². The quantitative estimate of drug-likeness (QED) is 0.422. The van der Waals surface area contributed by atoms with Crippen molar-refractivity contribution >= 4 is 0 Å². The Kier molecular flexibility index (Phi) is 5.32. The Bertz CT molecular complexity index is 1140. The molecule has 0 saturated carbocycles. The van der Waals surface area contributed by atoms with Gasteiger partial charge in [-0.05, 0) is 34.9 Å². The lowest BCUT2D eigenvalue weighted by molar-refractivity contribution is 0.245. The normalized spacial score (nSPS) is 17.4. The van der Waals surface area contributed by atoms with E-state index in [0.717, 1.165) is 28.2 Å². The number of benzene rings is 4. The van der Waals surface area contributed by atoms with Gasteiger partial charge in [0.2, 0.25) is 0 Å². The molecule has 0 saturated heterocycles. The fourth-order valence-electron chi connectivity index (χ4n) is 4.30. The summed E-state index contributed by atoms with van der Waals surface area (Å²) in [5.74, 6) is 2.25. The van der Waals surface area contributed by atoms with Crippen molar-refractivity contribution in [3.63, 3.8) is 0 Å². The van der Waals surface area contributed by atoms with E-state index in [2.05, 4.69) is 42.5 Å². The van der Waals surface area contributed by atoms with E-state index in [1.54, 1.807) is 12.1 Å². The molecule has 0 spiro atoms. The Labute approximate surface area is 182 Å². The molecule has 1 N–H and O–H groups in total. The molecule has 2 atom stereocenters. The van der Waals surface area contributed by atoms with Gasteiger partial charge in [0.05, 0.1) is 6.61 Å². The van der Waals surface area contributed by atoms with Crippen LogP contribution < -0.4 is 9.47 Å². The second-order valence-corrected chi connectivity index (χ2v) is 7.87. The molecular formula is C28H24O3. The van der Waals surface area contributed by atoms with Crippen molar-refractivity contribution in [3.8, 4) is 17.2 Å². The number of phenolic OH excluding ortho intramolecular Hbond substituents is 1. The van der Waals surface area contributed by atoms with Crippen LogP contribution in [0.4, 0.5) is 0 Å². The third-order valence-electron chi connectivity index (χ3n) is 5.87. The molecule has 1 aliphatic rings. The standard InChI is InChI=1S/C28H24O3/c29-23-13-11-22(12-14-23)28-25-16-15-24(30-18-20-7-3-1-4-8-20)17-27(25)31-19-26(28)21-9-5-2-6-10-21/h1-17,26,28-29H,18-19H2. The first-order valence-electron chi connectivity index (χ1n) is 10.6. The van der Waals surface area contributed by atoms with E-state index in [9.17, 15) is 5.11 Å². The smallest absolute Gasteiger partial charge is 0.126 e. The predicted octanol–water partition coefficient (Wildman–Crippen LogP) is 6.28. The maximum absolute atomic E-state index is 9.78. The average molecular weight is 408 g/mol. The maximum atomic E-state index is 9.78. The molecule has 0 fully saturated rings. The number of hydrogen-bond donors (Lipinski definition) is 1. The van der Waals surface area contributed by atoms with E-state index in [0.29, 0.717) is 13.2 Å². The number of hydrogen-bond acceptors (Lipinski definition) is 3. The molecule has 4 aromatic rings. The molecule has 0 bridgehead atoms. The van der Waals surface area contributed by atoms with Crippen molar-refractivity contribution in [1.29, 1.82) is 0 Å². The summed E-state index contributed by atoms with van der Waals surface area (Å²) >= 11 is 0. The molecule has 3 heteroatoms. The van der Waals surface area contributed by atoms with Gasteiger partial charge in [0.25, 0.3) is 0 Å². The van der Waals surface area contributed by atoms with Crippen LogP contribution in [-0.2, 0) is 6.61 Å². The Balaban J connectivity index is 1.48. The molecule has 0 aliphatic carbocycles. The second kappa shape index (κ2) is 8.57. The van der Waals surface area contributed by atoms with Crippen molar-refractivity contribution in [1.82, 2.24) is 0 Å². The van der Waals surface area contributed by atoms with E-state index in [1.807, 2.05) is 48.5 Å². The van der Waals surface area contributed by atoms with Crippen LogP contribution in [0.25, 0.3) is 0 Å². The molecule has 3 nitrogen and oxygen atoms in total. The second-order valence-electron chi connectivity index (χ2n) is 7.87. The first-order valence-corrected chi connectivity index (χ1v) is 10.6. The summed E-state index contributed by atoms with van der Waals surface area (Å²) in [6.07, 6.45) is 0. The van der Waals surface area contributed by atoms with E-state index >= 15 is 0 Å². The summed E-state index contributed by atoms with van der Waals surface area (Å²) in [6, 6.07) is 34.3. The molecule has 154 valence electrons. The van der Waals surface area contributed by atoms with E-state index in [4.69, 9.17) is 9.47 Å². The van der Waals surface area contributed by atoms with Crippen LogP contribution in [0.15, 0.2) is 103 Å². The Morgan fingerprint density at radius 2 is 1.48 bits per heavy atom. The predicted molar refractivity (Wildman–Crippen MR) is 122 cm³/mol. The topological polar surface area (TPSA) is 38.7 Å². The Hall–Kier alpha value is -3.72. The van der Waals surface area contributed by atoms with E-state index < -0.39 is 0 Å². The lowest BCUT2D eigenvalue weighted by Gasteiger charge is -2.34. The largest absolute Gasteiger partial charge is 0.508 e. The van der Waals surface area contributed by atoms with Gasteiger partial charge in [0.15, 0.2) is 0 Å². The van der Waals surface area contributed by atoms with Gasteiger partial charge in [-0.1, -0.05) is 78.9 Å². The summed E-state index contributed by atoms with van der Waals surface area (Å²) in [4.78, 5) is 0. The van der Waals surface area contributed by atoms with Crippen LogP contribution in [0, 0.1) is 0 Å².